The normalized spacial score (nSPS) is 16.8. The standard InChI is InChI=1S/C4H12N2S4/c5-3(1-7)9-10-4(6)2-8/h3-4,7-8H,1-2,5-6H2. The molecule has 0 heterocycles. The van der Waals surface area contributed by atoms with Gasteiger partial charge in [-0.2, -0.15) is 25.3 Å². The van der Waals surface area contributed by atoms with Gasteiger partial charge in [0.1, 0.15) is 0 Å². The van der Waals surface area contributed by atoms with Gasteiger partial charge in [0.15, 0.2) is 0 Å². The SMILES string of the molecule is NC(CS)SSC(N)CS. The summed E-state index contributed by atoms with van der Waals surface area (Å²) in [5.74, 6) is 1.36. The minimum atomic E-state index is 0.0688. The third-order valence-electron chi connectivity index (χ3n) is 0.663. The van der Waals surface area contributed by atoms with Gasteiger partial charge in [-0.25, -0.2) is 0 Å². The molecule has 0 saturated heterocycles. The molecule has 2 nitrogen and oxygen atoms in total. The van der Waals surface area contributed by atoms with Gasteiger partial charge in [0.25, 0.3) is 0 Å². The van der Waals surface area contributed by atoms with Crippen LogP contribution in [-0.4, -0.2) is 22.3 Å². The molecule has 4 N–H and O–H groups in total. The Morgan fingerprint density at radius 2 is 1.30 bits per heavy atom. The van der Waals surface area contributed by atoms with E-state index in [9.17, 15) is 0 Å². The molecule has 0 amide bonds. The molecular formula is C4H12N2S4. The van der Waals surface area contributed by atoms with Crippen LogP contribution in [0.1, 0.15) is 0 Å². The van der Waals surface area contributed by atoms with Crippen molar-refractivity contribution in [3.8, 4) is 0 Å². The highest BCUT2D eigenvalue weighted by Crippen LogP contribution is 2.27. The van der Waals surface area contributed by atoms with Gasteiger partial charge in [0.2, 0.25) is 0 Å². The highest BCUT2D eigenvalue weighted by Gasteiger charge is 2.04. The van der Waals surface area contributed by atoms with E-state index in [-0.39, 0.29) is 10.7 Å². The molecule has 2 unspecified atom stereocenters. The largest absolute Gasteiger partial charge is 0.318 e. The minimum Gasteiger partial charge on any atom is -0.318 e. The van der Waals surface area contributed by atoms with Gasteiger partial charge in [-0.1, -0.05) is 21.6 Å². The van der Waals surface area contributed by atoms with Crippen molar-refractivity contribution in [3.05, 3.63) is 0 Å². The zero-order valence-electron chi connectivity index (χ0n) is 5.43. The summed E-state index contributed by atoms with van der Waals surface area (Å²) in [7, 11) is 3.11. The van der Waals surface area contributed by atoms with Crippen molar-refractivity contribution in [2.24, 2.45) is 11.5 Å². The van der Waals surface area contributed by atoms with E-state index in [0.29, 0.717) is 11.5 Å². The molecule has 0 spiro atoms. The summed E-state index contributed by atoms with van der Waals surface area (Å²) >= 11 is 8.06. The van der Waals surface area contributed by atoms with Crippen molar-refractivity contribution in [3.63, 3.8) is 0 Å². The summed E-state index contributed by atoms with van der Waals surface area (Å²) < 4.78 is 0. The van der Waals surface area contributed by atoms with Crippen molar-refractivity contribution in [2.45, 2.75) is 10.7 Å². The van der Waals surface area contributed by atoms with Gasteiger partial charge in [-0.15, -0.1) is 0 Å². The smallest absolute Gasteiger partial charge is 0.0701 e. The summed E-state index contributed by atoms with van der Waals surface area (Å²) in [6.07, 6.45) is 0. The topological polar surface area (TPSA) is 52.0 Å². The molecule has 0 aliphatic heterocycles. The lowest BCUT2D eigenvalue weighted by Crippen LogP contribution is -2.20. The number of hydrogen-bond donors (Lipinski definition) is 4. The van der Waals surface area contributed by atoms with Gasteiger partial charge >= 0.3 is 0 Å². The number of thiol groups is 2. The maximum absolute atomic E-state index is 5.56. The van der Waals surface area contributed by atoms with Gasteiger partial charge in [0.05, 0.1) is 10.7 Å². The summed E-state index contributed by atoms with van der Waals surface area (Å²) in [6.45, 7) is 0. The fourth-order valence-corrected chi connectivity index (χ4v) is 2.93. The molecule has 0 aromatic rings. The fraction of sp³-hybridized carbons (Fsp3) is 1.00. The van der Waals surface area contributed by atoms with E-state index in [4.69, 9.17) is 11.5 Å². The maximum atomic E-state index is 5.56. The zero-order chi connectivity index (χ0) is 7.98. The molecule has 0 aromatic carbocycles. The Bertz CT molecular complexity index is 71.7. The van der Waals surface area contributed by atoms with Crippen LogP contribution in [0.2, 0.25) is 0 Å². The van der Waals surface area contributed by atoms with Crippen LogP contribution in [0.25, 0.3) is 0 Å². The highest BCUT2D eigenvalue weighted by atomic mass is 33.1. The summed E-state index contributed by atoms with van der Waals surface area (Å²) in [6, 6.07) is 0. The highest BCUT2D eigenvalue weighted by molar-refractivity contribution is 8.77. The molecule has 0 fully saturated rings. The molecule has 0 aliphatic carbocycles. The monoisotopic (exact) mass is 216 g/mol. The first-order valence-electron chi connectivity index (χ1n) is 2.75. The van der Waals surface area contributed by atoms with Crippen molar-refractivity contribution in [2.75, 3.05) is 11.5 Å². The minimum absolute atomic E-state index is 0.0688. The van der Waals surface area contributed by atoms with Crippen molar-refractivity contribution < 1.29 is 0 Å². The Kier molecular flexibility index (Phi) is 7.92. The van der Waals surface area contributed by atoms with Crippen LogP contribution >= 0.6 is 46.8 Å². The lowest BCUT2D eigenvalue weighted by molar-refractivity contribution is 1.06. The molecule has 10 heavy (non-hydrogen) atoms. The second-order valence-corrected chi connectivity index (χ2v) is 5.12. The van der Waals surface area contributed by atoms with E-state index in [1.165, 1.54) is 0 Å². The van der Waals surface area contributed by atoms with Crippen LogP contribution in [0.3, 0.4) is 0 Å². The summed E-state index contributed by atoms with van der Waals surface area (Å²) in [5, 5.41) is 0.138. The van der Waals surface area contributed by atoms with E-state index >= 15 is 0 Å². The van der Waals surface area contributed by atoms with E-state index in [1.54, 1.807) is 21.6 Å². The van der Waals surface area contributed by atoms with Crippen LogP contribution in [0, 0.1) is 0 Å². The van der Waals surface area contributed by atoms with Crippen LogP contribution in [0.15, 0.2) is 0 Å². The van der Waals surface area contributed by atoms with Crippen LogP contribution < -0.4 is 11.5 Å². The Hall–Kier alpha value is 1.32. The van der Waals surface area contributed by atoms with Gasteiger partial charge in [-0.3, -0.25) is 0 Å². The number of hydrogen-bond acceptors (Lipinski definition) is 6. The first-order valence-corrected chi connectivity index (χ1v) is 6.29. The van der Waals surface area contributed by atoms with Crippen LogP contribution in [-0.2, 0) is 0 Å². The predicted molar refractivity (Wildman–Crippen MR) is 58.8 cm³/mol. The number of rotatable bonds is 5. The lowest BCUT2D eigenvalue weighted by Gasteiger charge is -2.10. The van der Waals surface area contributed by atoms with E-state index in [1.807, 2.05) is 0 Å². The second-order valence-electron chi connectivity index (χ2n) is 1.63. The van der Waals surface area contributed by atoms with E-state index < -0.39 is 0 Å². The molecule has 2 atom stereocenters. The van der Waals surface area contributed by atoms with E-state index in [2.05, 4.69) is 25.3 Å². The third kappa shape index (κ3) is 6.06. The average Bonchev–Trinajstić information content (AvgIpc) is 1.99. The summed E-state index contributed by atoms with van der Waals surface area (Å²) in [5.41, 5.74) is 11.1. The summed E-state index contributed by atoms with van der Waals surface area (Å²) in [4.78, 5) is 0. The molecule has 62 valence electrons. The van der Waals surface area contributed by atoms with Crippen LogP contribution in [0.4, 0.5) is 0 Å². The average molecular weight is 216 g/mol. The first-order chi connectivity index (χ1) is 4.70. The Balaban J connectivity index is 3.17. The predicted octanol–water partition coefficient (Wildman–Crippen LogP) is 0.797. The molecular weight excluding hydrogens is 204 g/mol. The maximum Gasteiger partial charge on any atom is 0.0701 e. The lowest BCUT2D eigenvalue weighted by atomic mass is 10.8. The Labute approximate surface area is 80.5 Å². The van der Waals surface area contributed by atoms with Gasteiger partial charge in [-0.05, 0) is 0 Å². The van der Waals surface area contributed by atoms with E-state index in [0.717, 1.165) is 0 Å². The van der Waals surface area contributed by atoms with Gasteiger partial charge in [0, 0.05) is 11.5 Å². The fourth-order valence-electron chi connectivity index (χ4n) is 0.204. The molecule has 0 radical (unpaired) electrons. The molecule has 6 heteroatoms. The Morgan fingerprint density at radius 1 is 1.00 bits per heavy atom. The molecule has 0 aliphatic rings. The molecule has 0 rings (SSSR count). The first kappa shape index (κ1) is 11.3. The zero-order valence-corrected chi connectivity index (χ0v) is 8.86. The molecule has 0 saturated carbocycles. The van der Waals surface area contributed by atoms with Crippen molar-refractivity contribution in [1.82, 2.24) is 0 Å². The van der Waals surface area contributed by atoms with Crippen molar-refractivity contribution in [1.29, 1.82) is 0 Å². The Morgan fingerprint density at radius 3 is 1.50 bits per heavy atom. The molecule has 0 aromatic heterocycles. The van der Waals surface area contributed by atoms with Crippen LogP contribution in [0.5, 0.6) is 0 Å². The molecule has 0 bridgehead atoms. The third-order valence-corrected chi connectivity index (χ3v) is 4.70. The quantitative estimate of drug-likeness (QED) is 0.312. The van der Waals surface area contributed by atoms with Crippen molar-refractivity contribution >= 4 is 46.8 Å². The second kappa shape index (κ2) is 7.00. The number of nitrogens with two attached hydrogens (primary N) is 2. The van der Waals surface area contributed by atoms with Gasteiger partial charge < -0.3 is 11.5 Å².